The van der Waals surface area contributed by atoms with Crippen LogP contribution in [0.25, 0.3) is 11.2 Å². The summed E-state index contributed by atoms with van der Waals surface area (Å²) in [7, 11) is 4.68. The molecule has 160 valence electrons. The second kappa shape index (κ2) is 6.55. The van der Waals surface area contributed by atoms with Crippen LogP contribution in [0.3, 0.4) is 0 Å². The van der Waals surface area contributed by atoms with Crippen LogP contribution in [0.15, 0.2) is 33.9 Å². The molecule has 0 atom stereocenters. The maximum atomic E-state index is 12.6. The molecule has 1 fully saturated rings. The molecule has 3 heterocycles. The Morgan fingerprint density at radius 1 is 0.933 bits per heavy atom. The average molecular weight is 414 g/mol. The zero-order valence-electron chi connectivity index (χ0n) is 18.2. The first-order valence-electron chi connectivity index (χ1n) is 9.69. The summed E-state index contributed by atoms with van der Waals surface area (Å²) in [6.07, 6.45) is -0.613. The maximum absolute atomic E-state index is 12.6. The highest BCUT2D eigenvalue weighted by molar-refractivity contribution is 5.71. The molecule has 4 rings (SSSR count). The largest absolute Gasteiger partial charge is 0.425 e. The number of aryl methyl sites for hydroxylation is 2. The van der Waals surface area contributed by atoms with Crippen LogP contribution >= 0.6 is 0 Å². The van der Waals surface area contributed by atoms with E-state index in [0.29, 0.717) is 11.3 Å². The molecule has 1 saturated heterocycles. The molecule has 1 aliphatic rings. The molecule has 0 spiro atoms. The number of aromatic nitrogens is 4. The Bertz CT molecular complexity index is 1250. The van der Waals surface area contributed by atoms with Crippen LogP contribution in [-0.2, 0) is 30.6 Å². The predicted octanol–water partition coefficient (Wildman–Crippen LogP) is 2.37. The first-order valence-corrected chi connectivity index (χ1v) is 9.69. The third kappa shape index (κ3) is 2.88. The van der Waals surface area contributed by atoms with Crippen molar-refractivity contribution in [3.8, 4) is 11.8 Å². The van der Waals surface area contributed by atoms with E-state index < -0.39 is 28.7 Å². The molecule has 0 saturated carbocycles. The lowest BCUT2D eigenvalue weighted by molar-refractivity contribution is -0.0904. The third-order valence-corrected chi connectivity index (χ3v) is 6.06. The Kier molecular flexibility index (Phi) is 4.44. The number of para-hydroxylation sites is 1. The van der Waals surface area contributed by atoms with E-state index in [1.807, 2.05) is 45.9 Å². The fourth-order valence-electron chi connectivity index (χ4n) is 3.43. The molecule has 0 N–H and O–H groups in total. The van der Waals surface area contributed by atoms with Gasteiger partial charge in [0.15, 0.2) is 17.5 Å². The number of ether oxygens (including phenoxy) is 3. The number of rotatable bonds is 3. The van der Waals surface area contributed by atoms with Crippen LogP contribution in [-0.4, -0.2) is 29.9 Å². The van der Waals surface area contributed by atoms with Crippen LogP contribution in [0.5, 0.6) is 11.8 Å². The molecule has 9 nitrogen and oxygen atoms in total. The number of nitrogens with zero attached hydrogens (tertiary/aromatic N) is 4. The highest BCUT2D eigenvalue weighted by atomic mass is 16.7. The van der Waals surface area contributed by atoms with Gasteiger partial charge in [0.2, 0.25) is 0 Å². The van der Waals surface area contributed by atoms with Crippen molar-refractivity contribution in [3.63, 3.8) is 0 Å². The fraction of sp³-hybridized carbons (Fsp3) is 0.476. The molecule has 2 aromatic heterocycles. The number of benzene rings is 1. The van der Waals surface area contributed by atoms with Crippen molar-refractivity contribution >= 4 is 11.2 Å². The van der Waals surface area contributed by atoms with E-state index in [0.717, 1.165) is 4.57 Å². The lowest BCUT2D eigenvalue weighted by Crippen LogP contribution is -2.41. The van der Waals surface area contributed by atoms with Gasteiger partial charge < -0.3 is 14.2 Å². The Balaban J connectivity index is 1.79. The number of hydrogen-bond donors (Lipinski definition) is 0. The second-order valence-corrected chi connectivity index (χ2v) is 8.56. The molecule has 0 amide bonds. The fourth-order valence-corrected chi connectivity index (χ4v) is 3.43. The lowest BCUT2D eigenvalue weighted by Gasteiger charge is -2.30. The molecule has 0 bridgehead atoms. The molecule has 0 radical (unpaired) electrons. The van der Waals surface area contributed by atoms with Gasteiger partial charge in [0.05, 0.1) is 16.8 Å². The minimum atomic E-state index is -0.613. The molecule has 0 aliphatic carbocycles. The molecule has 9 heteroatoms. The van der Waals surface area contributed by atoms with E-state index in [9.17, 15) is 9.59 Å². The van der Waals surface area contributed by atoms with Gasteiger partial charge in [-0.15, -0.1) is 0 Å². The van der Waals surface area contributed by atoms with Gasteiger partial charge in [0.1, 0.15) is 5.75 Å². The summed E-state index contributed by atoms with van der Waals surface area (Å²) in [5.41, 5.74) is -0.617. The maximum Gasteiger partial charge on any atom is 0.332 e. The Labute approximate surface area is 173 Å². The van der Waals surface area contributed by atoms with Crippen LogP contribution in [0.2, 0.25) is 0 Å². The van der Waals surface area contributed by atoms with Gasteiger partial charge in [-0.3, -0.25) is 18.5 Å². The van der Waals surface area contributed by atoms with Gasteiger partial charge in [-0.2, -0.15) is 4.98 Å². The van der Waals surface area contributed by atoms with Gasteiger partial charge in [-0.1, -0.05) is 18.2 Å². The first kappa shape index (κ1) is 20.4. The summed E-state index contributed by atoms with van der Waals surface area (Å²) in [6, 6.07) is 7.56. The minimum absolute atomic E-state index is 0.187. The molecule has 0 unspecified atom stereocenters. The molecule has 1 aromatic carbocycles. The highest BCUT2D eigenvalue weighted by Crippen LogP contribution is 2.47. The monoisotopic (exact) mass is 414 g/mol. The minimum Gasteiger partial charge on any atom is -0.425 e. The summed E-state index contributed by atoms with van der Waals surface area (Å²) < 4.78 is 22.3. The third-order valence-electron chi connectivity index (χ3n) is 6.06. The van der Waals surface area contributed by atoms with Crippen molar-refractivity contribution in [2.75, 3.05) is 0 Å². The van der Waals surface area contributed by atoms with Crippen molar-refractivity contribution in [1.29, 1.82) is 0 Å². The van der Waals surface area contributed by atoms with Gasteiger partial charge >= 0.3 is 11.7 Å². The number of fused-ring (bicyclic) bond motifs is 1. The van der Waals surface area contributed by atoms with Crippen molar-refractivity contribution in [2.24, 2.45) is 21.1 Å². The van der Waals surface area contributed by atoms with E-state index in [4.69, 9.17) is 14.2 Å². The zero-order valence-corrected chi connectivity index (χ0v) is 18.2. The van der Waals surface area contributed by atoms with E-state index >= 15 is 0 Å². The summed E-state index contributed by atoms with van der Waals surface area (Å²) >= 11 is 0. The van der Waals surface area contributed by atoms with Gasteiger partial charge in [-0.25, -0.2) is 4.79 Å². The Morgan fingerprint density at radius 2 is 1.53 bits per heavy atom. The van der Waals surface area contributed by atoms with E-state index in [1.54, 1.807) is 20.2 Å². The molecule has 3 aromatic rings. The van der Waals surface area contributed by atoms with E-state index in [1.165, 1.54) is 16.2 Å². The molecule has 30 heavy (non-hydrogen) atoms. The Morgan fingerprint density at radius 3 is 2.17 bits per heavy atom. The second-order valence-electron chi connectivity index (χ2n) is 8.56. The number of imidazole rings is 1. The summed E-state index contributed by atoms with van der Waals surface area (Å²) in [6.45, 7) is 7.94. The molecular weight excluding hydrogens is 388 g/mol. The van der Waals surface area contributed by atoms with Crippen molar-refractivity contribution < 1.29 is 14.2 Å². The standard InChI is InChI=1S/C21H26N4O5/c1-20(2)21(3,4)30-17(29-20)12-10-8-9-11-13(12)28-18-22-15-14(23(18)5)16(26)25(7)19(27)24(15)6/h8-11,17H,1-7H3. The van der Waals surface area contributed by atoms with Gasteiger partial charge in [-0.05, 0) is 33.8 Å². The van der Waals surface area contributed by atoms with Crippen LogP contribution in [0.1, 0.15) is 39.5 Å². The Hall–Kier alpha value is -2.91. The normalized spacial score (nSPS) is 18.2. The van der Waals surface area contributed by atoms with Crippen LogP contribution < -0.4 is 16.0 Å². The molecular formula is C21H26N4O5. The first-order chi connectivity index (χ1) is 13.9. The SMILES string of the molecule is Cn1c(=O)c2c(nc(Oc3ccccc3C3OC(C)(C)C(C)(C)O3)n2C)n(C)c1=O. The van der Waals surface area contributed by atoms with Gasteiger partial charge in [0, 0.05) is 21.1 Å². The lowest BCUT2D eigenvalue weighted by atomic mass is 9.90. The average Bonchev–Trinajstić information content (AvgIpc) is 3.11. The van der Waals surface area contributed by atoms with Crippen molar-refractivity contribution in [2.45, 2.75) is 45.2 Å². The van der Waals surface area contributed by atoms with Gasteiger partial charge in [0.25, 0.3) is 5.56 Å². The zero-order chi connectivity index (χ0) is 22.0. The molecule has 1 aliphatic heterocycles. The van der Waals surface area contributed by atoms with Crippen LogP contribution in [0, 0.1) is 0 Å². The summed E-state index contributed by atoms with van der Waals surface area (Å²) in [4.78, 5) is 29.2. The van der Waals surface area contributed by atoms with Crippen LogP contribution in [0.4, 0.5) is 0 Å². The summed E-state index contributed by atoms with van der Waals surface area (Å²) in [5, 5.41) is 0. The number of hydrogen-bond acceptors (Lipinski definition) is 6. The smallest absolute Gasteiger partial charge is 0.332 e. The summed E-state index contributed by atoms with van der Waals surface area (Å²) in [5.74, 6) is 0.497. The van der Waals surface area contributed by atoms with E-state index in [2.05, 4.69) is 4.98 Å². The van der Waals surface area contributed by atoms with Crippen molar-refractivity contribution in [1.82, 2.24) is 18.7 Å². The predicted molar refractivity (Wildman–Crippen MR) is 111 cm³/mol. The topological polar surface area (TPSA) is 89.5 Å². The highest BCUT2D eigenvalue weighted by Gasteiger charge is 2.50. The quantitative estimate of drug-likeness (QED) is 0.654. The van der Waals surface area contributed by atoms with Crippen molar-refractivity contribution in [3.05, 3.63) is 50.7 Å². The van der Waals surface area contributed by atoms with E-state index in [-0.39, 0.29) is 17.2 Å².